The predicted molar refractivity (Wildman–Crippen MR) is 71.7 cm³/mol. The molecule has 0 saturated heterocycles. The van der Waals surface area contributed by atoms with E-state index in [1.165, 1.54) is 12.1 Å². The van der Waals surface area contributed by atoms with E-state index in [1.807, 2.05) is 25.1 Å². The molecule has 4 heteroatoms. The minimum absolute atomic E-state index is 0.0717. The van der Waals surface area contributed by atoms with Crippen LogP contribution in [0.3, 0.4) is 0 Å². The third kappa shape index (κ3) is 3.55. The molecule has 0 aliphatic rings. The Balaban J connectivity index is 1.92. The molecule has 3 nitrogen and oxygen atoms in total. The first-order valence-corrected chi connectivity index (χ1v) is 5.89. The maximum Gasteiger partial charge on any atom is 0.262 e. The third-order valence-electron chi connectivity index (χ3n) is 2.61. The average molecular weight is 259 g/mol. The number of hydrogen-bond acceptors (Lipinski definition) is 2. The van der Waals surface area contributed by atoms with Crippen molar-refractivity contribution in [1.82, 2.24) is 0 Å². The van der Waals surface area contributed by atoms with Gasteiger partial charge in [0.1, 0.15) is 0 Å². The lowest BCUT2D eigenvalue weighted by Gasteiger charge is -2.09. The van der Waals surface area contributed by atoms with Crippen molar-refractivity contribution in [1.29, 1.82) is 0 Å². The van der Waals surface area contributed by atoms with E-state index in [2.05, 4.69) is 5.32 Å². The number of nitrogens with one attached hydrogen (secondary N) is 1. The van der Waals surface area contributed by atoms with Gasteiger partial charge in [-0.05, 0) is 30.7 Å². The van der Waals surface area contributed by atoms with Crippen LogP contribution in [0.2, 0.25) is 0 Å². The highest BCUT2D eigenvalue weighted by Gasteiger charge is 2.07. The zero-order valence-corrected chi connectivity index (χ0v) is 10.5. The second-order valence-corrected chi connectivity index (χ2v) is 4.08. The van der Waals surface area contributed by atoms with Crippen molar-refractivity contribution in [2.45, 2.75) is 6.92 Å². The van der Waals surface area contributed by atoms with E-state index >= 15 is 0 Å². The maximum absolute atomic E-state index is 13.3. The van der Waals surface area contributed by atoms with Crippen molar-refractivity contribution in [3.05, 3.63) is 59.9 Å². The molecule has 2 rings (SSSR count). The lowest BCUT2D eigenvalue weighted by Crippen LogP contribution is -2.20. The Morgan fingerprint density at radius 3 is 2.58 bits per heavy atom. The van der Waals surface area contributed by atoms with Gasteiger partial charge in [-0.2, -0.15) is 0 Å². The molecule has 0 aromatic heterocycles. The molecule has 2 aromatic carbocycles. The highest BCUT2D eigenvalue weighted by Crippen LogP contribution is 2.16. The van der Waals surface area contributed by atoms with Crippen LogP contribution in [0.5, 0.6) is 5.75 Å². The van der Waals surface area contributed by atoms with Gasteiger partial charge in [-0.3, -0.25) is 4.79 Å². The molecule has 0 saturated carbocycles. The summed E-state index contributed by atoms with van der Waals surface area (Å²) >= 11 is 0. The molecular weight excluding hydrogens is 245 g/mol. The predicted octanol–water partition coefficient (Wildman–Crippen LogP) is 3.15. The molecule has 0 aliphatic heterocycles. The lowest BCUT2D eigenvalue weighted by molar-refractivity contribution is -0.118. The van der Waals surface area contributed by atoms with E-state index < -0.39 is 5.82 Å². The van der Waals surface area contributed by atoms with Gasteiger partial charge in [0, 0.05) is 5.69 Å². The highest BCUT2D eigenvalue weighted by molar-refractivity contribution is 5.92. The molecule has 0 unspecified atom stereocenters. The van der Waals surface area contributed by atoms with Crippen molar-refractivity contribution in [3.63, 3.8) is 0 Å². The molecule has 19 heavy (non-hydrogen) atoms. The van der Waals surface area contributed by atoms with Crippen molar-refractivity contribution in [2.75, 3.05) is 11.9 Å². The first-order valence-electron chi connectivity index (χ1n) is 5.89. The fraction of sp³-hybridized carbons (Fsp3) is 0.133. The fourth-order valence-electron chi connectivity index (χ4n) is 1.60. The van der Waals surface area contributed by atoms with E-state index in [1.54, 1.807) is 18.2 Å². The number of halogens is 1. The van der Waals surface area contributed by atoms with E-state index in [9.17, 15) is 9.18 Å². The van der Waals surface area contributed by atoms with Gasteiger partial charge in [-0.15, -0.1) is 0 Å². The molecule has 0 atom stereocenters. The number of anilines is 1. The van der Waals surface area contributed by atoms with Gasteiger partial charge < -0.3 is 10.1 Å². The third-order valence-corrected chi connectivity index (χ3v) is 2.61. The van der Waals surface area contributed by atoms with Crippen LogP contribution < -0.4 is 10.1 Å². The quantitative estimate of drug-likeness (QED) is 0.916. The molecule has 0 spiro atoms. The Hall–Kier alpha value is -2.36. The van der Waals surface area contributed by atoms with Crippen LogP contribution >= 0.6 is 0 Å². The summed E-state index contributed by atoms with van der Waals surface area (Å²) in [5.74, 6) is -0.730. The molecular formula is C15H14FNO2. The van der Waals surface area contributed by atoms with Crippen molar-refractivity contribution in [2.24, 2.45) is 0 Å². The summed E-state index contributed by atoms with van der Waals surface area (Å²) in [6.07, 6.45) is 0. The van der Waals surface area contributed by atoms with Crippen molar-refractivity contribution in [3.8, 4) is 5.75 Å². The van der Waals surface area contributed by atoms with Crippen LogP contribution in [0.1, 0.15) is 5.56 Å². The Kier molecular flexibility index (Phi) is 4.13. The number of hydrogen-bond donors (Lipinski definition) is 1. The molecule has 1 amide bonds. The van der Waals surface area contributed by atoms with Gasteiger partial charge in [0.2, 0.25) is 0 Å². The monoisotopic (exact) mass is 259 g/mol. The first kappa shape index (κ1) is 13.1. The molecule has 2 aromatic rings. The Bertz CT molecular complexity index is 584. The van der Waals surface area contributed by atoms with Crippen LogP contribution in [-0.4, -0.2) is 12.5 Å². The number of amides is 1. The van der Waals surface area contributed by atoms with Crippen molar-refractivity contribution < 1.29 is 13.9 Å². The van der Waals surface area contributed by atoms with Crippen LogP contribution in [0.4, 0.5) is 10.1 Å². The number of para-hydroxylation sites is 2. The molecule has 0 bridgehead atoms. The average Bonchev–Trinajstić information content (AvgIpc) is 2.40. The van der Waals surface area contributed by atoms with Gasteiger partial charge in [0.15, 0.2) is 18.2 Å². The van der Waals surface area contributed by atoms with Gasteiger partial charge in [0.05, 0.1) is 0 Å². The number of aryl methyl sites for hydroxylation is 1. The van der Waals surface area contributed by atoms with E-state index in [0.717, 1.165) is 11.3 Å². The molecule has 0 fully saturated rings. The lowest BCUT2D eigenvalue weighted by atomic mass is 10.2. The zero-order chi connectivity index (χ0) is 13.7. The molecule has 0 heterocycles. The normalized spacial score (nSPS) is 10.0. The summed E-state index contributed by atoms with van der Waals surface area (Å²) in [4.78, 5) is 11.7. The Morgan fingerprint density at radius 2 is 1.84 bits per heavy atom. The van der Waals surface area contributed by atoms with Crippen LogP contribution in [0.25, 0.3) is 0 Å². The number of benzene rings is 2. The highest BCUT2D eigenvalue weighted by atomic mass is 19.1. The minimum atomic E-state index is -0.480. The minimum Gasteiger partial charge on any atom is -0.481 e. The summed E-state index contributed by atoms with van der Waals surface area (Å²) in [6.45, 7) is 1.67. The topological polar surface area (TPSA) is 38.3 Å². The summed E-state index contributed by atoms with van der Waals surface area (Å²) in [6, 6.07) is 13.4. The van der Waals surface area contributed by atoms with E-state index in [-0.39, 0.29) is 18.3 Å². The first-order chi connectivity index (χ1) is 9.16. The fourth-order valence-corrected chi connectivity index (χ4v) is 1.60. The summed E-state index contributed by atoms with van der Waals surface area (Å²) in [7, 11) is 0. The maximum atomic E-state index is 13.3. The second-order valence-electron chi connectivity index (χ2n) is 4.08. The molecule has 0 aliphatic carbocycles. The molecule has 0 radical (unpaired) electrons. The van der Waals surface area contributed by atoms with Crippen LogP contribution in [-0.2, 0) is 4.79 Å². The van der Waals surface area contributed by atoms with Gasteiger partial charge >= 0.3 is 0 Å². The van der Waals surface area contributed by atoms with Gasteiger partial charge in [-0.25, -0.2) is 4.39 Å². The summed E-state index contributed by atoms with van der Waals surface area (Å²) < 4.78 is 18.4. The SMILES string of the molecule is Cc1ccccc1NC(=O)COc1ccccc1F. The standard InChI is InChI=1S/C15H14FNO2/c1-11-6-2-4-8-13(11)17-15(18)10-19-14-9-5-3-7-12(14)16/h2-9H,10H2,1H3,(H,17,18). The summed E-state index contributed by atoms with van der Waals surface area (Å²) in [5, 5.41) is 2.71. The number of carbonyl (C=O) groups excluding carboxylic acids is 1. The Labute approximate surface area is 111 Å². The van der Waals surface area contributed by atoms with E-state index in [4.69, 9.17) is 4.74 Å². The molecule has 98 valence electrons. The number of carbonyl (C=O) groups is 1. The van der Waals surface area contributed by atoms with Gasteiger partial charge in [0.25, 0.3) is 5.91 Å². The Morgan fingerprint density at radius 1 is 1.16 bits per heavy atom. The second kappa shape index (κ2) is 6.00. The largest absolute Gasteiger partial charge is 0.481 e. The number of ether oxygens (including phenoxy) is 1. The molecule has 1 N–H and O–H groups in total. The smallest absolute Gasteiger partial charge is 0.262 e. The van der Waals surface area contributed by atoms with E-state index in [0.29, 0.717) is 0 Å². The number of rotatable bonds is 4. The van der Waals surface area contributed by atoms with Crippen LogP contribution in [0, 0.1) is 12.7 Å². The van der Waals surface area contributed by atoms with Crippen molar-refractivity contribution >= 4 is 11.6 Å². The zero-order valence-electron chi connectivity index (χ0n) is 10.5. The van der Waals surface area contributed by atoms with Crippen LogP contribution in [0.15, 0.2) is 48.5 Å². The summed E-state index contributed by atoms with van der Waals surface area (Å²) in [5.41, 5.74) is 1.69. The van der Waals surface area contributed by atoms with Gasteiger partial charge in [-0.1, -0.05) is 30.3 Å².